The largest absolute Gasteiger partial charge is 0.292 e. The summed E-state index contributed by atoms with van der Waals surface area (Å²) in [6.45, 7) is 7.42. The molecule has 1 unspecified atom stereocenters. The molecule has 13 heavy (non-hydrogen) atoms. The maximum absolute atomic E-state index is 6.02. The van der Waals surface area contributed by atoms with Gasteiger partial charge in [-0.25, -0.2) is 9.13 Å². The number of hydrogen-bond acceptors (Lipinski definition) is 1. The maximum Gasteiger partial charge on any atom is 0.254 e. The first-order valence-electron chi connectivity index (χ1n) is 5.03. The van der Waals surface area contributed by atoms with E-state index in [1.165, 1.54) is 5.82 Å². The highest BCUT2D eigenvalue weighted by molar-refractivity contribution is 4.79. The SMILES string of the molecule is CCCC(N)[n+]1ccn(CC)c1C. The van der Waals surface area contributed by atoms with E-state index < -0.39 is 0 Å². The van der Waals surface area contributed by atoms with Gasteiger partial charge in [0, 0.05) is 13.3 Å². The zero-order valence-corrected chi connectivity index (χ0v) is 8.83. The fourth-order valence-corrected chi connectivity index (χ4v) is 1.64. The molecule has 0 spiro atoms. The summed E-state index contributed by atoms with van der Waals surface area (Å²) in [6.07, 6.45) is 6.46. The van der Waals surface area contributed by atoms with Gasteiger partial charge in [-0.3, -0.25) is 5.73 Å². The third kappa shape index (κ3) is 2.10. The van der Waals surface area contributed by atoms with E-state index in [1.54, 1.807) is 0 Å². The van der Waals surface area contributed by atoms with Crippen LogP contribution in [0.3, 0.4) is 0 Å². The number of aryl methyl sites for hydroxylation is 1. The Balaban J connectivity index is 2.82. The van der Waals surface area contributed by atoms with Crippen molar-refractivity contribution < 1.29 is 4.57 Å². The van der Waals surface area contributed by atoms with Crippen molar-refractivity contribution >= 4 is 0 Å². The quantitative estimate of drug-likeness (QED) is 0.701. The van der Waals surface area contributed by atoms with Gasteiger partial charge in [-0.1, -0.05) is 13.3 Å². The number of rotatable bonds is 4. The molecule has 0 aliphatic carbocycles. The molecular weight excluding hydrogens is 162 g/mol. The number of nitrogens with two attached hydrogens (primary N) is 1. The van der Waals surface area contributed by atoms with Crippen LogP contribution in [0.15, 0.2) is 12.4 Å². The highest BCUT2D eigenvalue weighted by atomic mass is 15.2. The second-order valence-corrected chi connectivity index (χ2v) is 3.39. The molecule has 1 rings (SSSR count). The minimum Gasteiger partial charge on any atom is -0.292 e. The van der Waals surface area contributed by atoms with Crippen molar-refractivity contribution in [3.63, 3.8) is 0 Å². The Morgan fingerprint density at radius 2 is 2.23 bits per heavy atom. The van der Waals surface area contributed by atoms with Crippen LogP contribution < -0.4 is 10.3 Å². The summed E-state index contributed by atoms with van der Waals surface area (Å²) in [5, 5.41) is 0. The van der Waals surface area contributed by atoms with E-state index in [2.05, 4.69) is 42.3 Å². The monoisotopic (exact) mass is 182 g/mol. The van der Waals surface area contributed by atoms with Crippen LogP contribution in [-0.4, -0.2) is 4.57 Å². The fourth-order valence-electron chi connectivity index (χ4n) is 1.64. The van der Waals surface area contributed by atoms with Crippen LogP contribution >= 0.6 is 0 Å². The van der Waals surface area contributed by atoms with E-state index >= 15 is 0 Å². The molecule has 0 saturated heterocycles. The fraction of sp³-hybridized carbons (Fsp3) is 0.700. The van der Waals surface area contributed by atoms with E-state index in [4.69, 9.17) is 5.73 Å². The Morgan fingerprint density at radius 3 is 2.69 bits per heavy atom. The van der Waals surface area contributed by atoms with Crippen LogP contribution in [0, 0.1) is 6.92 Å². The van der Waals surface area contributed by atoms with Crippen molar-refractivity contribution in [2.75, 3.05) is 0 Å². The summed E-state index contributed by atoms with van der Waals surface area (Å²) in [7, 11) is 0. The third-order valence-corrected chi connectivity index (χ3v) is 2.48. The van der Waals surface area contributed by atoms with Gasteiger partial charge >= 0.3 is 0 Å². The van der Waals surface area contributed by atoms with Gasteiger partial charge in [-0.2, -0.15) is 0 Å². The summed E-state index contributed by atoms with van der Waals surface area (Å²) < 4.78 is 4.35. The zero-order chi connectivity index (χ0) is 9.84. The van der Waals surface area contributed by atoms with Crippen molar-refractivity contribution in [2.24, 2.45) is 5.73 Å². The molecule has 0 aliphatic heterocycles. The summed E-state index contributed by atoms with van der Waals surface area (Å²) in [5.41, 5.74) is 6.02. The lowest BCUT2D eigenvalue weighted by atomic mass is 10.3. The van der Waals surface area contributed by atoms with Gasteiger partial charge in [0.1, 0.15) is 12.4 Å². The van der Waals surface area contributed by atoms with E-state index in [1.807, 2.05) is 0 Å². The van der Waals surface area contributed by atoms with Gasteiger partial charge in [0.2, 0.25) is 0 Å². The number of imidazole rings is 1. The number of nitrogens with zero attached hydrogens (tertiary/aromatic N) is 2. The van der Waals surface area contributed by atoms with Crippen molar-refractivity contribution in [1.82, 2.24) is 4.57 Å². The standard InChI is InChI=1S/C10H20N3/c1-4-6-10(11)13-8-7-12(5-2)9(13)3/h7-8,10H,4-6,11H2,1-3H3/q+1. The molecule has 1 heterocycles. The molecule has 0 fully saturated rings. The van der Waals surface area contributed by atoms with Crippen molar-refractivity contribution in [2.45, 2.75) is 46.3 Å². The molecule has 1 atom stereocenters. The van der Waals surface area contributed by atoms with Crippen molar-refractivity contribution in [3.05, 3.63) is 18.2 Å². The molecular formula is C10H20N3+. The van der Waals surface area contributed by atoms with Crippen LogP contribution in [0.25, 0.3) is 0 Å². The first-order chi connectivity index (χ1) is 6.20. The Hall–Kier alpha value is -0.830. The predicted molar refractivity (Wildman–Crippen MR) is 53.2 cm³/mol. The minimum atomic E-state index is 0.137. The van der Waals surface area contributed by atoms with E-state index in [0.717, 1.165) is 19.4 Å². The highest BCUT2D eigenvalue weighted by Gasteiger charge is 2.15. The smallest absolute Gasteiger partial charge is 0.254 e. The molecule has 0 amide bonds. The second-order valence-electron chi connectivity index (χ2n) is 3.39. The van der Waals surface area contributed by atoms with E-state index in [9.17, 15) is 0 Å². The lowest BCUT2D eigenvalue weighted by molar-refractivity contribution is -0.728. The van der Waals surface area contributed by atoms with Crippen LogP contribution in [-0.2, 0) is 6.54 Å². The minimum absolute atomic E-state index is 0.137. The lowest BCUT2D eigenvalue weighted by Crippen LogP contribution is -2.45. The predicted octanol–water partition coefficient (Wildman–Crippen LogP) is 1.36. The molecule has 3 nitrogen and oxygen atoms in total. The molecule has 0 saturated carbocycles. The Labute approximate surface area is 80.2 Å². The third-order valence-electron chi connectivity index (χ3n) is 2.48. The van der Waals surface area contributed by atoms with E-state index in [-0.39, 0.29) is 6.17 Å². The van der Waals surface area contributed by atoms with Crippen LogP contribution in [0.2, 0.25) is 0 Å². The summed E-state index contributed by atoms with van der Waals surface area (Å²) in [5.74, 6) is 1.24. The summed E-state index contributed by atoms with van der Waals surface area (Å²) in [4.78, 5) is 0. The van der Waals surface area contributed by atoms with Gasteiger partial charge in [0.15, 0.2) is 6.17 Å². The van der Waals surface area contributed by atoms with Gasteiger partial charge in [0.05, 0.1) is 6.54 Å². The topological polar surface area (TPSA) is 34.8 Å². The summed E-state index contributed by atoms with van der Waals surface area (Å²) in [6, 6.07) is 0. The molecule has 0 aliphatic rings. The van der Waals surface area contributed by atoms with Crippen LogP contribution in [0.4, 0.5) is 0 Å². The first kappa shape index (κ1) is 10.3. The van der Waals surface area contributed by atoms with Gasteiger partial charge in [-0.15, -0.1) is 0 Å². The van der Waals surface area contributed by atoms with Gasteiger partial charge in [-0.05, 0) is 6.92 Å². The average Bonchev–Trinajstić information content (AvgIpc) is 2.47. The van der Waals surface area contributed by atoms with Crippen molar-refractivity contribution in [1.29, 1.82) is 0 Å². The molecule has 0 bridgehead atoms. The molecule has 2 N–H and O–H groups in total. The summed E-state index contributed by atoms with van der Waals surface area (Å²) >= 11 is 0. The normalized spacial score (nSPS) is 13.2. The first-order valence-corrected chi connectivity index (χ1v) is 5.03. The molecule has 0 aromatic carbocycles. The Bertz CT molecular complexity index is 265. The van der Waals surface area contributed by atoms with Crippen LogP contribution in [0.5, 0.6) is 0 Å². The highest BCUT2D eigenvalue weighted by Crippen LogP contribution is 2.01. The number of hydrogen-bond donors (Lipinski definition) is 1. The Kier molecular flexibility index (Phi) is 3.48. The molecule has 1 aromatic rings. The zero-order valence-electron chi connectivity index (χ0n) is 8.83. The van der Waals surface area contributed by atoms with Crippen LogP contribution in [0.1, 0.15) is 38.7 Å². The van der Waals surface area contributed by atoms with Gasteiger partial charge in [0.25, 0.3) is 5.82 Å². The second kappa shape index (κ2) is 4.42. The van der Waals surface area contributed by atoms with E-state index in [0.29, 0.717) is 0 Å². The maximum atomic E-state index is 6.02. The molecule has 1 aromatic heterocycles. The molecule has 0 radical (unpaired) electrons. The molecule has 3 heteroatoms. The lowest BCUT2D eigenvalue weighted by Gasteiger charge is -2.07. The number of aromatic nitrogens is 2. The van der Waals surface area contributed by atoms with Gasteiger partial charge < -0.3 is 0 Å². The van der Waals surface area contributed by atoms with Crippen molar-refractivity contribution in [3.8, 4) is 0 Å². The molecule has 74 valence electrons. The average molecular weight is 182 g/mol. The Morgan fingerprint density at radius 1 is 1.54 bits per heavy atom.